The van der Waals surface area contributed by atoms with E-state index >= 15 is 0 Å². The van der Waals surface area contributed by atoms with E-state index in [-0.39, 0.29) is 0 Å². The molecule has 96 valence electrons. The fourth-order valence-electron chi connectivity index (χ4n) is 2.48. The van der Waals surface area contributed by atoms with Crippen LogP contribution in [0.3, 0.4) is 0 Å². The van der Waals surface area contributed by atoms with Crippen LogP contribution in [-0.4, -0.2) is 29.9 Å². The maximum absolute atomic E-state index is 3.53. The number of likely N-dealkylation sites (tertiary alicyclic amines) is 1. The Balaban J connectivity index is 2.22. The predicted molar refractivity (Wildman–Crippen MR) is 76.2 cm³/mol. The first-order chi connectivity index (χ1) is 7.43. The number of halogens is 1. The molecule has 0 N–H and O–H groups in total. The molecule has 2 atom stereocenters. The summed E-state index contributed by atoms with van der Waals surface area (Å²) in [5.74, 6) is 1.77. The molecular weight excluding hydrogens is 262 g/mol. The lowest BCUT2D eigenvalue weighted by molar-refractivity contribution is 0.223. The average Bonchev–Trinajstić information content (AvgIpc) is 2.63. The van der Waals surface area contributed by atoms with Gasteiger partial charge in [-0.3, -0.25) is 0 Å². The fraction of sp³-hybridized carbons (Fsp3) is 1.00. The Morgan fingerprint density at radius 3 is 2.50 bits per heavy atom. The van der Waals surface area contributed by atoms with Crippen molar-refractivity contribution in [3.05, 3.63) is 0 Å². The second kappa shape index (κ2) is 6.39. The zero-order chi connectivity index (χ0) is 12.2. The third-order valence-electron chi connectivity index (χ3n) is 4.04. The van der Waals surface area contributed by atoms with Gasteiger partial charge in [-0.25, -0.2) is 0 Å². The Morgan fingerprint density at radius 2 is 2.00 bits per heavy atom. The first kappa shape index (κ1) is 14.5. The molecule has 1 saturated heterocycles. The molecule has 0 aromatic carbocycles. The summed E-state index contributed by atoms with van der Waals surface area (Å²) in [6.07, 6.45) is 4.08. The van der Waals surface area contributed by atoms with Crippen molar-refractivity contribution in [3.8, 4) is 0 Å². The molecule has 1 heterocycles. The van der Waals surface area contributed by atoms with Gasteiger partial charge < -0.3 is 4.90 Å². The van der Waals surface area contributed by atoms with Gasteiger partial charge in [-0.05, 0) is 49.6 Å². The summed E-state index contributed by atoms with van der Waals surface area (Å²) >= 11 is 3.53. The van der Waals surface area contributed by atoms with Gasteiger partial charge in [0.2, 0.25) is 0 Å². The van der Waals surface area contributed by atoms with Crippen LogP contribution in [0.25, 0.3) is 0 Å². The zero-order valence-corrected chi connectivity index (χ0v) is 13.0. The van der Waals surface area contributed by atoms with E-state index in [2.05, 4.69) is 48.5 Å². The van der Waals surface area contributed by atoms with Crippen LogP contribution in [0.4, 0.5) is 0 Å². The molecule has 2 heteroatoms. The molecule has 0 amide bonds. The zero-order valence-electron chi connectivity index (χ0n) is 11.4. The molecule has 2 unspecified atom stereocenters. The second-order valence-electron chi connectivity index (χ2n) is 6.52. The Labute approximate surface area is 110 Å². The molecule has 1 nitrogen and oxygen atoms in total. The largest absolute Gasteiger partial charge is 0.303 e. The van der Waals surface area contributed by atoms with E-state index in [1.54, 1.807) is 0 Å². The Hall–Kier alpha value is 0.440. The number of rotatable bonds is 5. The van der Waals surface area contributed by atoms with Gasteiger partial charge in [0.25, 0.3) is 0 Å². The van der Waals surface area contributed by atoms with Gasteiger partial charge in [0.1, 0.15) is 0 Å². The lowest BCUT2D eigenvalue weighted by Gasteiger charge is -2.27. The van der Waals surface area contributed by atoms with Gasteiger partial charge in [-0.15, -0.1) is 0 Å². The van der Waals surface area contributed by atoms with E-state index in [9.17, 15) is 0 Å². The third-order valence-corrected chi connectivity index (χ3v) is 4.49. The van der Waals surface area contributed by atoms with Gasteiger partial charge in [-0.2, -0.15) is 0 Å². The van der Waals surface area contributed by atoms with Crippen LogP contribution in [0.5, 0.6) is 0 Å². The first-order valence-electron chi connectivity index (χ1n) is 6.71. The van der Waals surface area contributed by atoms with E-state index in [1.807, 2.05) is 0 Å². The summed E-state index contributed by atoms with van der Waals surface area (Å²) in [7, 11) is 0. The summed E-state index contributed by atoms with van der Waals surface area (Å²) in [5, 5.41) is 1.15. The summed E-state index contributed by atoms with van der Waals surface area (Å²) in [4.78, 5) is 2.67. The molecule has 1 aliphatic rings. The monoisotopic (exact) mass is 289 g/mol. The van der Waals surface area contributed by atoms with Crippen molar-refractivity contribution in [2.24, 2.45) is 17.3 Å². The standard InChI is InChI=1S/C14H28BrN/c1-12(5-8-15)6-9-16-10-7-13(11-16)14(2,3)4/h12-13H,5-11H2,1-4H3. The van der Waals surface area contributed by atoms with Crippen LogP contribution >= 0.6 is 15.9 Å². The van der Waals surface area contributed by atoms with Crippen molar-refractivity contribution >= 4 is 15.9 Å². The van der Waals surface area contributed by atoms with Crippen LogP contribution in [0.15, 0.2) is 0 Å². The van der Waals surface area contributed by atoms with Gasteiger partial charge in [-0.1, -0.05) is 43.6 Å². The van der Waals surface area contributed by atoms with Crippen molar-refractivity contribution in [1.82, 2.24) is 4.90 Å². The quantitative estimate of drug-likeness (QED) is 0.687. The molecule has 1 fully saturated rings. The highest BCUT2D eigenvalue weighted by Gasteiger charge is 2.31. The maximum Gasteiger partial charge on any atom is 0.00338 e. The van der Waals surface area contributed by atoms with E-state index in [1.165, 1.54) is 38.9 Å². The Morgan fingerprint density at radius 1 is 1.31 bits per heavy atom. The third kappa shape index (κ3) is 4.75. The molecule has 0 aromatic heterocycles. The molecule has 0 radical (unpaired) electrons. The van der Waals surface area contributed by atoms with Crippen LogP contribution in [0.1, 0.15) is 47.0 Å². The van der Waals surface area contributed by atoms with Crippen molar-refractivity contribution < 1.29 is 0 Å². The minimum Gasteiger partial charge on any atom is -0.303 e. The van der Waals surface area contributed by atoms with E-state index in [0.29, 0.717) is 5.41 Å². The van der Waals surface area contributed by atoms with Crippen LogP contribution < -0.4 is 0 Å². The predicted octanol–water partition coefficient (Wildman–Crippen LogP) is 4.17. The topological polar surface area (TPSA) is 3.24 Å². The highest BCUT2D eigenvalue weighted by molar-refractivity contribution is 9.09. The Bertz CT molecular complexity index is 197. The minimum absolute atomic E-state index is 0.496. The first-order valence-corrected chi connectivity index (χ1v) is 7.84. The summed E-state index contributed by atoms with van der Waals surface area (Å²) in [6, 6.07) is 0. The molecule has 0 spiro atoms. The van der Waals surface area contributed by atoms with Gasteiger partial charge in [0.05, 0.1) is 0 Å². The molecule has 1 rings (SSSR count). The summed E-state index contributed by atoms with van der Waals surface area (Å²) in [6.45, 7) is 13.5. The van der Waals surface area contributed by atoms with Crippen molar-refractivity contribution in [2.45, 2.75) is 47.0 Å². The van der Waals surface area contributed by atoms with Crippen molar-refractivity contribution in [3.63, 3.8) is 0 Å². The van der Waals surface area contributed by atoms with Crippen LogP contribution in [0.2, 0.25) is 0 Å². The normalized spacial score (nSPS) is 24.9. The van der Waals surface area contributed by atoms with Crippen LogP contribution in [0, 0.1) is 17.3 Å². The fourth-order valence-corrected chi connectivity index (χ4v) is 3.26. The van der Waals surface area contributed by atoms with E-state index < -0.39 is 0 Å². The molecule has 1 aliphatic heterocycles. The average molecular weight is 290 g/mol. The highest BCUT2D eigenvalue weighted by atomic mass is 79.9. The maximum atomic E-state index is 3.53. The smallest absolute Gasteiger partial charge is 0.00338 e. The van der Waals surface area contributed by atoms with Crippen LogP contribution in [-0.2, 0) is 0 Å². The second-order valence-corrected chi connectivity index (χ2v) is 7.32. The minimum atomic E-state index is 0.496. The number of hydrogen-bond donors (Lipinski definition) is 0. The Kier molecular flexibility index (Phi) is 5.79. The lowest BCUT2D eigenvalue weighted by atomic mass is 9.80. The molecule has 0 saturated carbocycles. The molecule has 16 heavy (non-hydrogen) atoms. The van der Waals surface area contributed by atoms with Gasteiger partial charge >= 0.3 is 0 Å². The van der Waals surface area contributed by atoms with Crippen molar-refractivity contribution in [2.75, 3.05) is 25.0 Å². The van der Waals surface area contributed by atoms with Gasteiger partial charge in [0.15, 0.2) is 0 Å². The number of hydrogen-bond acceptors (Lipinski definition) is 1. The SMILES string of the molecule is CC(CCBr)CCN1CCC(C(C)(C)C)C1. The van der Waals surface area contributed by atoms with E-state index in [0.717, 1.165) is 17.2 Å². The number of nitrogens with zero attached hydrogens (tertiary/aromatic N) is 1. The van der Waals surface area contributed by atoms with E-state index in [4.69, 9.17) is 0 Å². The van der Waals surface area contributed by atoms with Crippen molar-refractivity contribution in [1.29, 1.82) is 0 Å². The van der Waals surface area contributed by atoms with Gasteiger partial charge in [0, 0.05) is 11.9 Å². The molecule has 0 aliphatic carbocycles. The molecule has 0 aromatic rings. The summed E-state index contributed by atoms with van der Waals surface area (Å²) in [5.41, 5.74) is 0.496. The summed E-state index contributed by atoms with van der Waals surface area (Å²) < 4.78 is 0. The number of alkyl halides is 1. The molecular formula is C14H28BrN. The molecule has 0 bridgehead atoms. The lowest BCUT2D eigenvalue weighted by Crippen LogP contribution is -2.27. The highest BCUT2D eigenvalue weighted by Crippen LogP contribution is 2.33.